The summed E-state index contributed by atoms with van der Waals surface area (Å²) in [5, 5.41) is 3.76. The zero-order valence-electron chi connectivity index (χ0n) is 7.37. The molecule has 0 aliphatic rings. The fraction of sp³-hybridized carbons (Fsp3) is 0.625. The van der Waals surface area contributed by atoms with Gasteiger partial charge in [0, 0.05) is 11.8 Å². The van der Waals surface area contributed by atoms with Crippen LogP contribution in [0.3, 0.4) is 0 Å². The van der Waals surface area contributed by atoms with Gasteiger partial charge in [-0.25, -0.2) is 0 Å². The highest BCUT2D eigenvalue weighted by Crippen LogP contribution is 2.03. The SMILES string of the molecule is CSCCOCc1cc(C)no1. The maximum Gasteiger partial charge on any atom is 0.162 e. The van der Waals surface area contributed by atoms with Crippen LogP contribution in [0.5, 0.6) is 0 Å². The van der Waals surface area contributed by atoms with Crippen molar-refractivity contribution in [1.29, 1.82) is 0 Å². The Morgan fingerprint density at radius 3 is 3.08 bits per heavy atom. The molecule has 0 spiro atoms. The zero-order valence-corrected chi connectivity index (χ0v) is 8.19. The molecule has 0 saturated carbocycles. The van der Waals surface area contributed by atoms with Crippen LogP contribution in [-0.4, -0.2) is 23.8 Å². The maximum atomic E-state index is 5.32. The van der Waals surface area contributed by atoms with Gasteiger partial charge in [-0.05, 0) is 13.2 Å². The van der Waals surface area contributed by atoms with Crippen molar-refractivity contribution < 1.29 is 9.26 Å². The van der Waals surface area contributed by atoms with Gasteiger partial charge in [-0.1, -0.05) is 5.16 Å². The minimum Gasteiger partial charge on any atom is -0.373 e. The van der Waals surface area contributed by atoms with Crippen molar-refractivity contribution in [3.63, 3.8) is 0 Å². The van der Waals surface area contributed by atoms with Crippen LogP contribution in [0, 0.1) is 6.92 Å². The van der Waals surface area contributed by atoms with Crippen LogP contribution in [0.4, 0.5) is 0 Å². The largest absolute Gasteiger partial charge is 0.373 e. The Hall–Kier alpha value is -0.480. The maximum absolute atomic E-state index is 5.32. The van der Waals surface area contributed by atoms with E-state index in [9.17, 15) is 0 Å². The molecule has 0 saturated heterocycles. The summed E-state index contributed by atoms with van der Waals surface area (Å²) in [6, 6.07) is 1.89. The molecule has 3 nitrogen and oxygen atoms in total. The van der Waals surface area contributed by atoms with Gasteiger partial charge < -0.3 is 9.26 Å². The van der Waals surface area contributed by atoms with Gasteiger partial charge in [0.25, 0.3) is 0 Å². The molecule has 0 aromatic carbocycles. The average molecular weight is 187 g/mol. The lowest BCUT2D eigenvalue weighted by molar-refractivity contribution is 0.115. The molecule has 68 valence electrons. The molecular weight excluding hydrogens is 174 g/mol. The molecule has 0 radical (unpaired) electrons. The quantitative estimate of drug-likeness (QED) is 0.659. The van der Waals surface area contributed by atoms with Gasteiger partial charge in [-0.3, -0.25) is 0 Å². The highest BCUT2D eigenvalue weighted by molar-refractivity contribution is 7.98. The van der Waals surface area contributed by atoms with Crippen molar-refractivity contribution in [2.45, 2.75) is 13.5 Å². The first-order chi connectivity index (χ1) is 5.83. The van der Waals surface area contributed by atoms with E-state index in [1.165, 1.54) is 0 Å². The first-order valence-corrected chi connectivity index (χ1v) is 5.21. The topological polar surface area (TPSA) is 35.3 Å². The number of aromatic nitrogens is 1. The fourth-order valence-electron chi connectivity index (χ4n) is 0.799. The minimum atomic E-state index is 0.529. The number of rotatable bonds is 5. The predicted octanol–water partition coefficient (Wildman–Crippen LogP) is 1.86. The zero-order chi connectivity index (χ0) is 8.81. The van der Waals surface area contributed by atoms with Crippen LogP contribution in [-0.2, 0) is 11.3 Å². The molecule has 1 aromatic heterocycles. The third kappa shape index (κ3) is 3.28. The summed E-state index contributed by atoms with van der Waals surface area (Å²) in [6.07, 6.45) is 2.06. The van der Waals surface area contributed by atoms with Crippen molar-refractivity contribution >= 4 is 11.8 Å². The van der Waals surface area contributed by atoms with Crippen LogP contribution in [0.15, 0.2) is 10.6 Å². The molecule has 1 rings (SSSR count). The van der Waals surface area contributed by atoms with E-state index in [0.717, 1.165) is 23.8 Å². The Kier molecular flexibility index (Phi) is 4.18. The third-order valence-corrected chi connectivity index (χ3v) is 1.93. The molecule has 12 heavy (non-hydrogen) atoms. The van der Waals surface area contributed by atoms with E-state index < -0.39 is 0 Å². The Morgan fingerprint density at radius 1 is 1.67 bits per heavy atom. The fourth-order valence-corrected chi connectivity index (χ4v) is 1.08. The van der Waals surface area contributed by atoms with E-state index in [4.69, 9.17) is 9.26 Å². The summed E-state index contributed by atoms with van der Waals surface area (Å²) in [5.74, 6) is 1.82. The molecule has 0 amide bonds. The summed E-state index contributed by atoms with van der Waals surface area (Å²) in [5.41, 5.74) is 0.901. The second-order valence-electron chi connectivity index (χ2n) is 2.48. The molecule has 0 atom stereocenters. The molecule has 0 unspecified atom stereocenters. The van der Waals surface area contributed by atoms with Gasteiger partial charge in [0.1, 0.15) is 6.61 Å². The summed E-state index contributed by atoms with van der Waals surface area (Å²) < 4.78 is 10.3. The number of aryl methyl sites for hydroxylation is 1. The standard InChI is InChI=1S/C8H13NO2S/c1-7-5-8(11-9-7)6-10-3-4-12-2/h5H,3-4,6H2,1-2H3. The van der Waals surface area contributed by atoms with Crippen LogP contribution in [0.25, 0.3) is 0 Å². The number of hydrogen-bond acceptors (Lipinski definition) is 4. The first-order valence-electron chi connectivity index (χ1n) is 3.82. The lowest BCUT2D eigenvalue weighted by Gasteiger charge is -1.97. The Labute approximate surface area is 76.5 Å². The number of ether oxygens (including phenoxy) is 1. The summed E-state index contributed by atoms with van der Waals surface area (Å²) >= 11 is 1.77. The monoisotopic (exact) mass is 187 g/mol. The van der Waals surface area contributed by atoms with Crippen LogP contribution in [0.2, 0.25) is 0 Å². The van der Waals surface area contributed by atoms with Crippen LogP contribution in [0.1, 0.15) is 11.5 Å². The van der Waals surface area contributed by atoms with E-state index in [-0.39, 0.29) is 0 Å². The number of thioether (sulfide) groups is 1. The third-order valence-electron chi connectivity index (χ3n) is 1.35. The van der Waals surface area contributed by atoms with E-state index >= 15 is 0 Å². The molecule has 0 fully saturated rings. The van der Waals surface area contributed by atoms with Gasteiger partial charge in [0.2, 0.25) is 0 Å². The van der Waals surface area contributed by atoms with Gasteiger partial charge >= 0.3 is 0 Å². The Bertz CT molecular complexity index is 225. The van der Waals surface area contributed by atoms with E-state index in [1.807, 2.05) is 13.0 Å². The lowest BCUT2D eigenvalue weighted by atomic mass is 10.4. The lowest BCUT2D eigenvalue weighted by Crippen LogP contribution is -1.96. The minimum absolute atomic E-state index is 0.529. The molecule has 4 heteroatoms. The summed E-state index contributed by atoms with van der Waals surface area (Å²) in [7, 11) is 0. The van der Waals surface area contributed by atoms with Crippen molar-refractivity contribution in [1.82, 2.24) is 5.16 Å². The average Bonchev–Trinajstić information content (AvgIpc) is 2.45. The number of nitrogens with zero attached hydrogens (tertiary/aromatic N) is 1. The predicted molar refractivity (Wildman–Crippen MR) is 49.3 cm³/mol. The second kappa shape index (κ2) is 5.22. The molecular formula is C8H13NO2S. The summed E-state index contributed by atoms with van der Waals surface area (Å²) in [6.45, 7) is 3.19. The highest BCUT2D eigenvalue weighted by atomic mass is 32.2. The van der Waals surface area contributed by atoms with E-state index in [2.05, 4.69) is 11.4 Å². The molecule has 0 aliphatic heterocycles. The second-order valence-corrected chi connectivity index (χ2v) is 3.47. The first kappa shape index (κ1) is 9.61. The molecule has 0 bridgehead atoms. The van der Waals surface area contributed by atoms with Crippen LogP contribution < -0.4 is 0 Å². The van der Waals surface area contributed by atoms with E-state index in [1.54, 1.807) is 11.8 Å². The van der Waals surface area contributed by atoms with Crippen molar-refractivity contribution in [2.75, 3.05) is 18.6 Å². The Morgan fingerprint density at radius 2 is 2.50 bits per heavy atom. The van der Waals surface area contributed by atoms with Gasteiger partial charge in [0.05, 0.1) is 12.3 Å². The van der Waals surface area contributed by atoms with Gasteiger partial charge in [0.15, 0.2) is 5.76 Å². The van der Waals surface area contributed by atoms with E-state index in [0.29, 0.717) is 6.61 Å². The van der Waals surface area contributed by atoms with Crippen molar-refractivity contribution in [3.05, 3.63) is 17.5 Å². The van der Waals surface area contributed by atoms with Crippen molar-refractivity contribution in [3.8, 4) is 0 Å². The number of hydrogen-bond donors (Lipinski definition) is 0. The van der Waals surface area contributed by atoms with Crippen molar-refractivity contribution in [2.24, 2.45) is 0 Å². The highest BCUT2D eigenvalue weighted by Gasteiger charge is 1.99. The molecule has 0 N–H and O–H groups in total. The molecule has 1 aromatic rings. The van der Waals surface area contributed by atoms with Crippen LogP contribution >= 0.6 is 11.8 Å². The van der Waals surface area contributed by atoms with Gasteiger partial charge in [-0.2, -0.15) is 11.8 Å². The Balaban J connectivity index is 2.15. The normalized spacial score (nSPS) is 10.5. The van der Waals surface area contributed by atoms with Gasteiger partial charge in [-0.15, -0.1) is 0 Å². The molecule has 1 heterocycles. The smallest absolute Gasteiger partial charge is 0.162 e. The summed E-state index contributed by atoms with van der Waals surface area (Å²) in [4.78, 5) is 0. The molecule has 0 aliphatic carbocycles.